The van der Waals surface area contributed by atoms with Crippen molar-refractivity contribution >= 4 is 17.2 Å². The molecule has 0 unspecified atom stereocenters. The minimum Gasteiger partial charge on any atom is -0.335 e. The Kier molecular flexibility index (Phi) is 4.34. The van der Waals surface area contributed by atoms with Crippen LogP contribution in [-0.2, 0) is 6.42 Å². The molecule has 0 bridgehead atoms. The first-order chi connectivity index (χ1) is 10.2. The number of rotatable bonds is 4. The molecule has 0 spiro atoms. The lowest BCUT2D eigenvalue weighted by molar-refractivity contribution is 0.0735. The van der Waals surface area contributed by atoms with Gasteiger partial charge < -0.3 is 4.90 Å². The van der Waals surface area contributed by atoms with Crippen molar-refractivity contribution in [3.8, 4) is 0 Å². The first-order valence-electron chi connectivity index (χ1n) is 7.49. The maximum Gasteiger partial charge on any atom is 0.264 e. The molecule has 0 saturated carbocycles. The van der Waals surface area contributed by atoms with Gasteiger partial charge in [0.25, 0.3) is 5.91 Å². The quantitative estimate of drug-likeness (QED) is 0.863. The largest absolute Gasteiger partial charge is 0.335 e. The Morgan fingerprint density at radius 1 is 1.43 bits per heavy atom. The van der Waals surface area contributed by atoms with Crippen LogP contribution in [0.25, 0.3) is 0 Å². The lowest BCUT2D eigenvalue weighted by atomic mass is 10.0. The molecule has 1 amide bonds. The van der Waals surface area contributed by atoms with Crippen LogP contribution in [-0.4, -0.2) is 28.4 Å². The van der Waals surface area contributed by atoms with Gasteiger partial charge in [-0.05, 0) is 67.3 Å². The zero-order chi connectivity index (χ0) is 14.7. The zero-order valence-corrected chi connectivity index (χ0v) is 13.1. The molecule has 1 atom stereocenters. The predicted octanol–water partition coefficient (Wildman–Crippen LogP) is 3.69. The van der Waals surface area contributed by atoms with E-state index in [-0.39, 0.29) is 5.91 Å². The maximum absolute atomic E-state index is 12.6. The van der Waals surface area contributed by atoms with Gasteiger partial charge in [0.1, 0.15) is 0 Å². The lowest BCUT2D eigenvalue weighted by Crippen LogP contribution is -2.35. The first-order valence-corrected chi connectivity index (χ1v) is 8.37. The predicted molar refractivity (Wildman–Crippen MR) is 85.7 cm³/mol. The molecule has 1 fully saturated rings. The van der Waals surface area contributed by atoms with Crippen LogP contribution in [0, 0.1) is 6.92 Å². The van der Waals surface area contributed by atoms with Crippen molar-refractivity contribution in [1.82, 2.24) is 9.88 Å². The molecular weight excluding hydrogens is 280 g/mol. The van der Waals surface area contributed by atoms with Crippen LogP contribution >= 0.6 is 11.3 Å². The second-order valence-corrected chi connectivity index (χ2v) is 6.59. The Labute approximate surface area is 129 Å². The molecule has 110 valence electrons. The fourth-order valence-corrected chi connectivity index (χ4v) is 3.82. The highest BCUT2D eigenvalue weighted by molar-refractivity contribution is 7.12. The van der Waals surface area contributed by atoms with E-state index in [0.29, 0.717) is 6.04 Å². The van der Waals surface area contributed by atoms with Gasteiger partial charge >= 0.3 is 0 Å². The van der Waals surface area contributed by atoms with Crippen molar-refractivity contribution in [2.75, 3.05) is 6.54 Å². The number of hydrogen-bond acceptors (Lipinski definition) is 3. The van der Waals surface area contributed by atoms with Crippen molar-refractivity contribution in [2.24, 2.45) is 0 Å². The standard InChI is InChI=1S/C17H20N2OS/c1-13-11-16(21-12-13)17(20)19-10-2-3-15(19)5-4-14-6-8-18-9-7-14/h6-9,11-12,15H,2-5,10H2,1H3/t15-/m0/s1. The summed E-state index contributed by atoms with van der Waals surface area (Å²) < 4.78 is 0. The summed E-state index contributed by atoms with van der Waals surface area (Å²) in [4.78, 5) is 19.6. The number of likely N-dealkylation sites (tertiary alicyclic amines) is 1. The molecule has 2 aromatic heterocycles. The molecular formula is C17H20N2OS. The molecule has 0 N–H and O–H groups in total. The highest BCUT2D eigenvalue weighted by Gasteiger charge is 2.29. The highest BCUT2D eigenvalue weighted by atomic mass is 32.1. The maximum atomic E-state index is 12.6. The molecule has 4 heteroatoms. The van der Waals surface area contributed by atoms with Gasteiger partial charge in [-0.2, -0.15) is 0 Å². The summed E-state index contributed by atoms with van der Waals surface area (Å²) >= 11 is 1.56. The van der Waals surface area contributed by atoms with Crippen LogP contribution in [0.3, 0.4) is 0 Å². The molecule has 3 nitrogen and oxygen atoms in total. The molecule has 1 saturated heterocycles. The van der Waals surface area contributed by atoms with E-state index in [4.69, 9.17) is 0 Å². The number of pyridine rings is 1. The average Bonchev–Trinajstić information content (AvgIpc) is 3.14. The van der Waals surface area contributed by atoms with E-state index < -0.39 is 0 Å². The number of nitrogens with zero attached hydrogens (tertiary/aromatic N) is 2. The van der Waals surface area contributed by atoms with Crippen LogP contribution in [0.1, 0.15) is 40.1 Å². The van der Waals surface area contributed by atoms with Gasteiger partial charge in [0.05, 0.1) is 4.88 Å². The Morgan fingerprint density at radius 3 is 2.95 bits per heavy atom. The SMILES string of the molecule is Cc1csc(C(=O)N2CCC[C@H]2CCc2ccncc2)c1. The van der Waals surface area contributed by atoms with Crippen molar-refractivity contribution < 1.29 is 4.79 Å². The molecule has 0 aliphatic carbocycles. The van der Waals surface area contributed by atoms with Gasteiger partial charge in [0.2, 0.25) is 0 Å². The Hall–Kier alpha value is -1.68. The molecule has 3 rings (SSSR count). The number of thiophene rings is 1. The third-order valence-electron chi connectivity index (χ3n) is 4.09. The van der Waals surface area contributed by atoms with Crippen LogP contribution in [0.5, 0.6) is 0 Å². The smallest absolute Gasteiger partial charge is 0.264 e. The summed E-state index contributed by atoms with van der Waals surface area (Å²) in [5.74, 6) is 0.213. The number of aromatic nitrogens is 1. The molecule has 0 radical (unpaired) electrons. The zero-order valence-electron chi connectivity index (χ0n) is 12.3. The van der Waals surface area contributed by atoms with E-state index >= 15 is 0 Å². The van der Waals surface area contributed by atoms with Crippen LogP contribution in [0.4, 0.5) is 0 Å². The second-order valence-electron chi connectivity index (χ2n) is 5.68. The third kappa shape index (κ3) is 3.32. The normalized spacial score (nSPS) is 18.1. The van der Waals surface area contributed by atoms with E-state index in [2.05, 4.69) is 27.4 Å². The summed E-state index contributed by atoms with van der Waals surface area (Å²) in [6.45, 7) is 2.94. The molecule has 1 aliphatic rings. The van der Waals surface area contributed by atoms with Crippen LogP contribution in [0.2, 0.25) is 0 Å². The molecule has 0 aromatic carbocycles. The monoisotopic (exact) mass is 300 g/mol. The topological polar surface area (TPSA) is 33.2 Å². The van der Waals surface area contributed by atoms with E-state index in [1.807, 2.05) is 25.4 Å². The van der Waals surface area contributed by atoms with E-state index in [0.717, 1.165) is 37.1 Å². The Morgan fingerprint density at radius 2 is 2.24 bits per heavy atom. The minimum absolute atomic E-state index is 0.213. The number of aryl methyl sites for hydroxylation is 2. The average molecular weight is 300 g/mol. The van der Waals surface area contributed by atoms with Gasteiger partial charge in [0, 0.05) is 25.0 Å². The Balaban J connectivity index is 1.64. The molecule has 2 aromatic rings. The van der Waals surface area contributed by atoms with Crippen molar-refractivity contribution in [1.29, 1.82) is 0 Å². The molecule has 21 heavy (non-hydrogen) atoms. The number of carbonyl (C=O) groups is 1. The summed E-state index contributed by atoms with van der Waals surface area (Å²) in [7, 11) is 0. The highest BCUT2D eigenvalue weighted by Crippen LogP contribution is 2.26. The summed E-state index contributed by atoms with van der Waals surface area (Å²) in [5, 5.41) is 2.05. The fourth-order valence-electron chi connectivity index (χ4n) is 2.97. The lowest BCUT2D eigenvalue weighted by Gasteiger charge is -2.24. The first kappa shape index (κ1) is 14.3. The minimum atomic E-state index is 0.213. The van der Waals surface area contributed by atoms with Crippen molar-refractivity contribution in [3.05, 3.63) is 52.0 Å². The molecule has 1 aliphatic heterocycles. The van der Waals surface area contributed by atoms with Crippen LogP contribution < -0.4 is 0 Å². The van der Waals surface area contributed by atoms with Crippen molar-refractivity contribution in [3.63, 3.8) is 0 Å². The third-order valence-corrected chi connectivity index (χ3v) is 5.13. The van der Waals surface area contributed by atoms with Gasteiger partial charge in [-0.15, -0.1) is 11.3 Å². The summed E-state index contributed by atoms with van der Waals surface area (Å²) in [5.41, 5.74) is 2.48. The number of carbonyl (C=O) groups excluding carboxylic acids is 1. The number of amides is 1. The summed E-state index contributed by atoms with van der Waals surface area (Å²) in [6.07, 6.45) is 7.97. The van der Waals surface area contributed by atoms with E-state index in [1.165, 1.54) is 11.1 Å². The van der Waals surface area contributed by atoms with Gasteiger partial charge in [-0.1, -0.05) is 0 Å². The van der Waals surface area contributed by atoms with Crippen LogP contribution in [0.15, 0.2) is 36.0 Å². The summed E-state index contributed by atoms with van der Waals surface area (Å²) in [6, 6.07) is 6.51. The Bertz CT molecular complexity index is 608. The number of hydrogen-bond donors (Lipinski definition) is 0. The van der Waals surface area contributed by atoms with Gasteiger partial charge in [-0.3, -0.25) is 9.78 Å². The molecule has 3 heterocycles. The second kappa shape index (κ2) is 6.39. The van der Waals surface area contributed by atoms with Gasteiger partial charge in [-0.25, -0.2) is 0 Å². The van der Waals surface area contributed by atoms with E-state index in [1.54, 1.807) is 11.3 Å². The van der Waals surface area contributed by atoms with Crippen molar-refractivity contribution in [2.45, 2.75) is 38.6 Å². The fraction of sp³-hybridized carbons (Fsp3) is 0.412. The van der Waals surface area contributed by atoms with Gasteiger partial charge in [0.15, 0.2) is 0 Å². The van der Waals surface area contributed by atoms with E-state index in [9.17, 15) is 4.79 Å².